The van der Waals surface area contributed by atoms with Crippen LogP contribution in [0.1, 0.15) is 0 Å². The molecule has 0 fully saturated rings. The molecule has 0 unspecified atom stereocenters. The smallest absolute Gasteiger partial charge is 0.0547 e. The molecular formula is C50H32N2. The summed E-state index contributed by atoms with van der Waals surface area (Å²) in [5.74, 6) is 0. The van der Waals surface area contributed by atoms with Crippen LogP contribution in [0.3, 0.4) is 0 Å². The Morgan fingerprint density at radius 1 is 0.250 bits per heavy atom. The van der Waals surface area contributed by atoms with Gasteiger partial charge < -0.3 is 9.13 Å². The van der Waals surface area contributed by atoms with Crippen molar-refractivity contribution in [2.75, 3.05) is 0 Å². The van der Waals surface area contributed by atoms with Gasteiger partial charge in [-0.25, -0.2) is 0 Å². The number of fused-ring (bicyclic) bond motifs is 10. The fraction of sp³-hybridized carbons (Fsp3) is 0. The Bertz CT molecular complexity index is 3070. The quantitative estimate of drug-likeness (QED) is 0.178. The molecule has 0 saturated heterocycles. The zero-order valence-corrected chi connectivity index (χ0v) is 28.4. The van der Waals surface area contributed by atoms with E-state index in [0.29, 0.717) is 0 Å². The zero-order chi connectivity index (χ0) is 34.2. The number of hydrogen-bond donors (Lipinski definition) is 0. The maximum atomic E-state index is 2.46. The van der Waals surface area contributed by atoms with Crippen LogP contribution in [0.15, 0.2) is 194 Å². The zero-order valence-electron chi connectivity index (χ0n) is 28.4. The van der Waals surface area contributed by atoms with E-state index in [1.807, 2.05) is 0 Å². The normalized spacial score (nSPS) is 11.8. The first-order valence-corrected chi connectivity index (χ1v) is 17.9. The first-order valence-electron chi connectivity index (χ1n) is 17.9. The van der Waals surface area contributed by atoms with Crippen molar-refractivity contribution in [3.8, 4) is 33.6 Å². The van der Waals surface area contributed by atoms with E-state index in [1.54, 1.807) is 0 Å². The maximum absolute atomic E-state index is 2.46. The van der Waals surface area contributed by atoms with Gasteiger partial charge >= 0.3 is 0 Å². The molecule has 2 nitrogen and oxygen atoms in total. The Hall–Kier alpha value is -6.90. The lowest BCUT2D eigenvalue weighted by atomic mass is 10.00. The highest BCUT2D eigenvalue weighted by Crippen LogP contribution is 2.42. The summed E-state index contributed by atoms with van der Waals surface area (Å²) in [5.41, 5.74) is 12.0. The Kier molecular flexibility index (Phi) is 6.28. The van der Waals surface area contributed by atoms with Gasteiger partial charge in [-0.15, -0.1) is 0 Å². The minimum absolute atomic E-state index is 1.15. The van der Waals surface area contributed by atoms with E-state index in [4.69, 9.17) is 0 Å². The molecule has 0 aliphatic rings. The summed E-state index contributed by atoms with van der Waals surface area (Å²) < 4.78 is 4.85. The third kappa shape index (κ3) is 4.31. The summed E-state index contributed by atoms with van der Waals surface area (Å²) in [6, 6.07) is 71.0. The van der Waals surface area contributed by atoms with Crippen molar-refractivity contribution in [3.63, 3.8) is 0 Å². The van der Waals surface area contributed by atoms with E-state index >= 15 is 0 Å². The van der Waals surface area contributed by atoms with Crippen molar-refractivity contribution < 1.29 is 0 Å². The highest BCUT2D eigenvalue weighted by Gasteiger charge is 2.18. The summed E-state index contributed by atoms with van der Waals surface area (Å²) in [5, 5.41) is 10.2. The van der Waals surface area contributed by atoms with E-state index in [-0.39, 0.29) is 0 Å². The van der Waals surface area contributed by atoms with E-state index < -0.39 is 0 Å². The van der Waals surface area contributed by atoms with Crippen molar-refractivity contribution in [2.45, 2.75) is 0 Å². The molecule has 11 rings (SSSR count). The van der Waals surface area contributed by atoms with Crippen LogP contribution in [0.25, 0.3) is 98.8 Å². The van der Waals surface area contributed by atoms with Gasteiger partial charge in [0.05, 0.1) is 22.1 Å². The minimum Gasteiger partial charge on any atom is -0.309 e. The SMILES string of the molecule is c1ccc(-c2ccc3c(c2)c2cc(-c4cccc(-n5c6ccc7ccccc7c6c6c7ccccc7ccc65)c4)ccc2n3-c2ccccc2)cc1. The first-order chi connectivity index (χ1) is 25.8. The van der Waals surface area contributed by atoms with Gasteiger partial charge in [-0.1, -0.05) is 133 Å². The fourth-order valence-corrected chi connectivity index (χ4v) is 8.52. The molecular weight excluding hydrogens is 629 g/mol. The van der Waals surface area contributed by atoms with Crippen LogP contribution in [0.4, 0.5) is 0 Å². The fourth-order valence-electron chi connectivity index (χ4n) is 8.52. The average molecular weight is 661 g/mol. The Morgan fingerprint density at radius 2 is 0.692 bits per heavy atom. The summed E-state index contributed by atoms with van der Waals surface area (Å²) >= 11 is 0. The number of para-hydroxylation sites is 1. The Morgan fingerprint density at radius 3 is 1.31 bits per heavy atom. The molecule has 0 saturated carbocycles. The number of aromatic nitrogens is 2. The number of nitrogens with zero attached hydrogens (tertiary/aromatic N) is 2. The van der Waals surface area contributed by atoms with E-state index in [0.717, 1.165) is 11.4 Å². The molecule has 0 radical (unpaired) electrons. The molecule has 0 spiro atoms. The molecule has 52 heavy (non-hydrogen) atoms. The highest BCUT2D eigenvalue weighted by molar-refractivity contribution is 6.28. The van der Waals surface area contributed by atoms with Crippen LogP contribution in [0, 0.1) is 0 Å². The van der Waals surface area contributed by atoms with E-state index in [9.17, 15) is 0 Å². The molecule has 0 bridgehead atoms. The van der Waals surface area contributed by atoms with E-state index in [1.165, 1.54) is 87.4 Å². The van der Waals surface area contributed by atoms with Crippen LogP contribution < -0.4 is 0 Å². The number of rotatable bonds is 4. The third-order valence-electron chi connectivity index (χ3n) is 10.9. The minimum atomic E-state index is 1.15. The second-order valence-electron chi connectivity index (χ2n) is 13.7. The van der Waals surface area contributed by atoms with Crippen LogP contribution in [0.5, 0.6) is 0 Å². The predicted octanol–water partition coefficient (Wildman–Crippen LogP) is 13.5. The molecule has 0 aliphatic heterocycles. The van der Waals surface area contributed by atoms with Crippen molar-refractivity contribution in [2.24, 2.45) is 0 Å². The molecule has 9 aromatic carbocycles. The lowest BCUT2D eigenvalue weighted by Gasteiger charge is -2.11. The van der Waals surface area contributed by atoms with Crippen molar-refractivity contribution in [1.29, 1.82) is 0 Å². The second kappa shape index (κ2) is 11.3. The van der Waals surface area contributed by atoms with Crippen molar-refractivity contribution in [3.05, 3.63) is 194 Å². The molecule has 242 valence electrons. The highest BCUT2D eigenvalue weighted by atomic mass is 15.0. The monoisotopic (exact) mass is 660 g/mol. The summed E-state index contributed by atoms with van der Waals surface area (Å²) in [6.45, 7) is 0. The van der Waals surface area contributed by atoms with Gasteiger partial charge in [0.1, 0.15) is 0 Å². The standard InChI is InChI=1S/C50H32N2/c1-3-12-33(13-4-1)37-24-26-45-43(31-37)44-32-38(25-27-46(44)51(45)39-17-5-2-6-18-39)36-16-11-19-40(30-36)52-47-28-22-34-14-7-9-20-41(34)49(47)50-42-21-10-8-15-35(42)23-29-48(50)52/h1-32H. The molecule has 2 heteroatoms. The van der Waals surface area contributed by atoms with Crippen LogP contribution in [0.2, 0.25) is 0 Å². The lowest BCUT2D eigenvalue weighted by molar-refractivity contribution is 1.18. The third-order valence-corrected chi connectivity index (χ3v) is 10.9. The van der Waals surface area contributed by atoms with Gasteiger partial charge in [-0.3, -0.25) is 0 Å². The molecule has 11 aromatic rings. The van der Waals surface area contributed by atoms with Gasteiger partial charge in [-0.05, 0) is 104 Å². The van der Waals surface area contributed by atoms with E-state index in [2.05, 4.69) is 203 Å². The van der Waals surface area contributed by atoms with Crippen molar-refractivity contribution >= 4 is 65.2 Å². The molecule has 0 aliphatic carbocycles. The van der Waals surface area contributed by atoms with Crippen molar-refractivity contribution in [1.82, 2.24) is 9.13 Å². The predicted molar refractivity (Wildman–Crippen MR) is 221 cm³/mol. The Labute approximate surface area is 301 Å². The van der Waals surface area contributed by atoms with Gasteiger partial charge in [0, 0.05) is 32.9 Å². The van der Waals surface area contributed by atoms with Crippen LogP contribution in [-0.2, 0) is 0 Å². The van der Waals surface area contributed by atoms with Gasteiger partial charge in [0.25, 0.3) is 0 Å². The molecule has 2 heterocycles. The van der Waals surface area contributed by atoms with Gasteiger partial charge in [-0.2, -0.15) is 0 Å². The van der Waals surface area contributed by atoms with Crippen LogP contribution >= 0.6 is 0 Å². The average Bonchev–Trinajstić information content (AvgIpc) is 3.74. The first kappa shape index (κ1) is 28.9. The lowest BCUT2D eigenvalue weighted by Crippen LogP contribution is -1.95. The number of hydrogen-bond acceptors (Lipinski definition) is 0. The molecule has 2 aromatic heterocycles. The molecule has 0 amide bonds. The summed E-state index contributed by atoms with van der Waals surface area (Å²) in [4.78, 5) is 0. The molecule has 0 N–H and O–H groups in total. The van der Waals surface area contributed by atoms with Gasteiger partial charge in [0.15, 0.2) is 0 Å². The molecule has 0 atom stereocenters. The summed E-state index contributed by atoms with van der Waals surface area (Å²) in [7, 11) is 0. The Balaban J connectivity index is 1.14. The largest absolute Gasteiger partial charge is 0.309 e. The maximum Gasteiger partial charge on any atom is 0.0547 e. The second-order valence-corrected chi connectivity index (χ2v) is 13.7. The van der Waals surface area contributed by atoms with Gasteiger partial charge in [0.2, 0.25) is 0 Å². The summed E-state index contributed by atoms with van der Waals surface area (Å²) in [6.07, 6.45) is 0. The topological polar surface area (TPSA) is 9.86 Å². The van der Waals surface area contributed by atoms with Crippen LogP contribution in [-0.4, -0.2) is 9.13 Å². The number of benzene rings is 9.